The van der Waals surface area contributed by atoms with Gasteiger partial charge >= 0.3 is 0 Å². The SMILES string of the molecule is CCOCCN(C)C1CCc2cc(OC)ccc2C1NC. The normalized spacial score (nSPS) is 21.4. The van der Waals surface area contributed by atoms with Crippen LogP contribution in [0.5, 0.6) is 5.75 Å². The molecule has 2 rings (SSSR count). The van der Waals surface area contributed by atoms with Gasteiger partial charge in [0, 0.05) is 25.2 Å². The van der Waals surface area contributed by atoms with Crippen molar-refractivity contribution in [2.75, 3.05) is 41.0 Å². The van der Waals surface area contributed by atoms with E-state index in [4.69, 9.17) is 9.47 Å². The first-order valence-corrected chi connectivity index (χ1v) is 7.83. The molecule has 0 bridgehead atoms. The molecule has 1 aliphatic carbocycles. The molecule has 118 valence electrons. The van der Waals surface area contributed by atoms with Crippen LogP contribution >= 0.6 is 0 Å². The smallest absolute Gasteiger partial charge is 0.119 e. The van der Waals surface area contributed by atoms with Gasteiger partial charge in [0.15, 0.2) is 0 Å². The maximum atomic E-state index is 5.48. The number of aryl methyl sites for hydroxylation is 1. The molecule has 0 radical (unpaired) electrons. The number of fused-ring (bicyclic) bond motifs is 1. The summed E-state index contributed by atoms with van der Waals surface area (Å²) >= 11 is 0. The van der Waals surface area contributed by atoms with Crippen LogP contribution in [0.2, 0.25) is 0 Å². The zero-order valence-electron chi connectivity index (χ0n) is 13.7. The highest BCUT2D eigenvalue weighted by Gasteiger charge is 2.31. The largest absolute Gasteiger partial charge is 0.497 e. The third-order valence-corrected chi connectivity index (χ3v) is 4.45. The van der Waals surface area contributed by atoms with Crippen molar-refractivity contribution in [1.29, 1.82) is 0 Å². The lowest BCUT2D eigenvalue weighted by Gasteiger charge is -2.39. The maximum Gasteiger partial charge on any atom is 0.119 e. The van der Waals surface area contributed by atoms with Crippen LogP contribution in [0.1, 0.15) is 30.5 Å². The molecule has 0 spiro atoms. The number of hydrogen-bond acceptors (Lipinski definition) is 4. The Kier molecular flexibility index (Phi) is 6.03. The van der Waals surface area contributed by atoms with E-state index in [9.17, 15) is 0 Å². The Balaban J connectivity index is 2.11. The van der Waals surface area contributed by atoms with Crippen LogP contribution in [-0.4, -0.2) is 51.9 Å². The van der Waals surface area contributed by atoms with Gasteiger partial charge < -0.3 is 14.8 Å². The third kappa shape index (κ3) is 3.76. The number of nitrogens with one attached hydrogen (secondary N) is 1. The first-order chi connectivity index (χ1) is 10.2. The number of rotatable bonds is 7. The predicted octanol–water partition coefficient (Wildman–Crippen LogP) is 2.24. The van der Waals surface area contributed by atoms with E-state index in [0.717, 1.165) is 38.3 Å². The molecule has 0 heterocycles. The number of hydrogen-bond donors (Lipinski definition) is 1. The molecule has 0 saturated heterocycles. The van der Waals surface area contributed by atoms with Gasteiger partial charge in [-0.05, 0) is 57.1 Å². The minimum Gasteiger partial charge on any atom is -0.497 e. The topological polar surface area (TPSA) is 33.7 Å². The molecule has 2 unspecified atom stereocenters. The summed E-state index contributed by atoms with van der Waals surface area (Å²) in [5, 5.41) is 3.50. The summed E-state index contributed by atoms with van der Waals surface area (Å²) in [6.07, 6.45) is 2.27. The van der Waals surface area contributed by atoms with Crippen molar-refractivity contribution in [3.05, 3.63) is 29.3 Å². The van der Waals surface area contributed by atoms with Crippen LogP contribution in [0.4, 0.5) is 0 Å². The quantitative estimate of drug-likeness (QED) is 0.782. The summed E-state index contributed by atoms with van der Waals surface area (Å²) in [6.45, 7) is 4.61. The Bertz CT molecular complexity index is 450. The van der Waals surface area contributed by atoms with Crippen molar-refractivity contribution >= 4 is 0 Å². The highest BCUT2D eigenvalue weighted by molar-refractivity contribution is 5.40. The van der Waals surface area contributed by atoms with Crippen molar-refractivity contribution in [2.24, 2.45) is 0 Å². The van der Waals surface area contributed by atoms with Crippen molar-refractivity contribution in [2.45, 2.75) is 31.8 Å². The first-order valence-electron chi connectivity index (χ1n) is 7.83. The van der Waals surface area contributed by atoms with E-state index in [2.05, 4.69) is 35.5 Å². The molecule has 4 nitrogen and oxygen atoms in total. The van der Waals surface area contributed by atoms with Gasteiger partial charge in [0.2, 0.25) is 0 Å². The maximum absolute atomic E-state index is 5.48. The van der Waals surface area contributed by atoms with Gasteiger partial charge in [-0.15, -0.1) is 0 Å². The highest BCUT2D eigenvalue weighted by Crippen LogP contribution is 2.34. The second kappa shape index (κ2) is 7.78. The number of nitrogens with zero attached hydrogens (tertiary/aromatic N) is 1. The molecule has 1 aromatic carbocycles. The Morgan fingerprint density at radius 3 is 2.86 bits per heavy atom. The Labute approximate surface area is 128 Å². The lowest BCUT2D eigenvalue weighted by Crippen LogP contribution is -2.45. The summed E-state index contributed by atoms with van der Waals surface area (Å²) in [7, 11) is 5.97. The molecule has 2 atom stereocenters. The van der Waals surface area contributed by atoms with Gasteiger partial charge in [-0.3, -0.25) is 4.90 Å². The molecule has 21 heavy (non-hydrogen) atoms. The molecule has 1 N–H and O–H groups in total. The van der Waals surface area contributed by atoms with Crippen molar-refractivity contribution in [3.63, 3.8) is 0 Å². The second-order valence-corrected chi connectivity index (χ2v) is 5.61. The molecule has 0 aliphatic heterocycles. The minimum absolute atomic E-state index is 0.367. The van der Waals surface area contributed by atoms with Gasteiger partial charge in [-0.2, -0.15) is 0 Å². The van der Waals surface area contributed by atoms with Crippen LogP contribution in [0.3, 0.4) is 0 Å². The molecule has 1 aromatic rings. The Morgan fingerprint density at radius 1 is 1.38 bits per heavy atom. The molecular formula is C17H28N2O2. The van der Waals surface area contributed by atoms with Crippen molar-refractivity contribution in [3.8, 4) is 5.75 Å². The highest BCUT2D eigenvalue weighted by atomic mass is 16.5. The van der Waals surface area contributed by atoms with E-state index < -0.39 is 0 Å². The Hall–Kier alpha value is -1.10. The van der Waals surface area contributed by atoms with Crippen LogP contribution in [0.15, 0.2) is 18.2 Å². The van der Waals surface area contributed by atoms with E-state index >= 15 is 0 Å². The number of ether oxygens (including phenoxy) is 2. The molecule has 0 amide bonds. The lowest BCUT2D eigenvalue weighted by atomic mass is 9.83. The molecule has 0 fully saturated rings. The summed E-state index contributed by atoms with van der Waals surface area (Å²) in [5.41, 5.74) is 2.81. The standard InChI is InChI=1S/C17H28N2O2/c1-5-21-11-10-19(3)16-9-6-13-12-14(20-4)7-8-15(13)17(16)18-2/h7-8,12,16-18H,5-6,9-11H2,1-4H3. The number of benzene rings is 1. The minimum atomic E-state index is 0.367. The molecule has 0 saturated carbocycles. The van der Waals surface area contributed by atoms with Crippen LogP contribution in [-0.2, 0) is 11.2 Å². The fourth-order valence-electron chi connectivity index (χ4n) is 3.25. The third-order valence-electron chi connectivity index (χ3n) is 4.45. The van der Waals surface area contributed by atoms with Gasteiger partial charge in [-0.25, -0.2) is 0 Å². The van der Waals surface area contributed by atoms with Gasteiger partial charge in [0.1, 0.15) is 5.75 Å². The van der Waals surface area contributed by atoms with E-state index in [1.807, 2.05) is 14.0 Å². The van der Waals surface area contributed by atoms with E-state index in [0.29, 0.717) is 12.1 Å². The molecule has 1 aliphatic rings. The second-order valence-electron chi connectivity index (χ2n) is 5.61. The zero-order chi connectivity index (χ0) is 15.2. The van der Waals surface area contributed by atoms with E-state index in [1.54, 1.807) is 7.11 Å². The van der Waals surface area contributed by atoms with Crippen LogP contribution in [0, 0.1) is 0 Å². The summed E-state index contributed by atoms with van der Waals surface area (Å²) in [5.74, 6) is 0.951. The number of methoxy groups -OCH3 is 1. The summed E-state index contributed by atoms with van der Waals surface area (Å²) < 4.78 is 10.8. The molecule has 0 aromatic heterocycles. The van der Waals surface area contributed by atoms with Gasteiger partial charge in [-0.1, -0.05) is 6.07 Å². The van der Waals surface area contributed by atoms with Crippen molar-refractivity contribution in [1.82, 2.24) is 10.2 Å². The van der Waals surface area contributed by atoms with E-state index in [-0.39, 0.29) is 0 Å². The predicted molar refractivity (Wildman–Crippen MR) is 86.0 cm³/mol. The average molecular weight is 292 g/mol. The fourth-order valence-corrected chi connectivity index (χ4v) is 3.25. The summed E-state index contributed by atoms with van der Waals surface area (Å²) in [4.78, 5) is 2.42. The van der Waals surface area contributed by atoms with Gasteiger partial charge in [0.05, 0.1) is 13.7 Å². The fraction of sp³-hybridized carbons (Fsp3) is 0.647. The lowest BCUT2D eigenvalue weighted by molar-refractivity contribution is 0.0929. The van der Waals surface area contributed by atoms with Gasteiger partial charge in [0.25, 0.3) is 0 Å². The van der Waals surface area contributed by atoms with Crippen molar-refractivity contribution < 1.29 is 9.47 Å². The first kappa shape index (κ1) is 16.3. The summed E-state index contributed by atoms with van der Waals surface area (Å²) in [6, 6.07) is 7.32. The average Bonchev–Trinajstić information content (AvgIpc) is 2.53. The van der Waals surface area contributed by atoms with E-state index in [1.165, 1.54) is 11.1 Å². The zero-order valence-corrected chi connectivity index (χ0v) is 13.7. The van der Waals surface area contributed by atoms with Crippen LogP contribution in [0.25, 0.3) is 0 Å². The monoisotopic (exact) mass is 292 g/mol. The molecular weight excluding hydrogens is 264 g/mol. The van der Waals surface area contributed by atoms with Crippen LogP contribution < -0.4 is 10.1 Å². The number of likely N-dealkylation sites (N-methyl/N-ethyl adjacent to an activating group) is 2. The Morgan fingerprint density at radius 2 is 2.19 bits per heavy atom. The molecule has 4 heteroatoms.